The lowest BCUT2D eigenvalue weighted by Gasteiger charge is -2.33. The van der Waals surface area contributed by atoms with E-state index in [0.717, 1.165) is 5.56 Å². The molecule has 3 heterocycles. The van der Waals surface area contributed by atoms with Crippen LogP contribution in [0.25, 0.3) is 0 Å². The summed E-state index contributed by atoms with van der Waals surface area (Å²) in [7, 11) is 1.53. The number of anilines is 1. The largest absolute Gasteiger partial charge is 0.481 e. The van der Waals surface area contributed by atoms with Gasteiger partial charge in [-0.15, -0.1) is 0 Å². The summed E-state index contributed by atoms with van der Waals surface area (Å²) in [5.74, 6) is -3.69. The zero-order chi connectivity index (χ0) is 26.6. The Kier molecular flexibility index (Phi) is 7.84. The van der Waals surface area contributed by atoms with Crippen LogP contribution in [0.1, 0.15) is 61.6 Å². The molecule has 0 aromatic carbocycles. The van der Waals surface area contributed by atoms with Crippen molar-refractivity contribution in [2.24, 2.45) is 5.92 Å². The van der Waals surface area contributed by atoms with E-state index in [1.165, 1.54) is 19.5 Å². The molecule has 1 aliphatic rings. The van der Waals surface area contributed by atoms with Gasteiger partial charge in [-0.3, -0.25) is 19.0 Å². The molecule has 2 N–H and O–H groups in total. The van der Waals surface area contributed by atoms with Gasteiger partial charge in [0, 0.05) is 43.0 Å². The summed E-state index contributed by atoms with van der Waals surface area (Å²) in [5, 5.41) is 14.0. The molecule has 198 valence electrons. The van der Waals surface area contributed by atoms with Crippen molar-refractivity contribution in [3.8, 4) is 5.88 Å². The van der Waals surface area contributed by atoms with Crippen LogP contribution in [0.15, 0.2) is 43.0 Å². The molecule has 0 unspecified atom stereocenters. The molecular weight excluding hydrogens is 484 g/mol. The molecule has 1 atom stereocenters. The number of halogens is 2. The standard InChI is InChI=1S/C25H31F2N7O3/c1-16(2)34-20(8-12-29-34)22(35)32-21(17-6-9-25(26,27)10-7-17)23(36)31-19-13-30-33(15-19)14-18-5-4-11-28-24(18)37-3/h4-5,8,11-13,15-17,21H,6-7,9-10,14H2,1-3H3,(H,31,36)(H,32,35)/t21-/m0/s1. The monoisotopic (exact) mass is 515 g/mol. The average molecular weight is 516 g/mol. The Morgan fingerprint density at radius 3 is 2.65 bits per heavy atom. The van der Waals surface area contributed by atoms with E-state index in [9.17, 15) is 18.4 Å². The highest BCUT2D eigenvalue weighted by molar-refractivity contribution is 6.00. The van der Waals surface area contributed by atoms with Crippen LogP contribution in [-0.4, -0.2) is 55.4 Å². The van der Waals surface area contributed by atoms with Crippen molar-refractivity contribution in [2.75, 3.05) is 12.4 Å². The third-order valence-electron chi connectivity index (χ3n) is 6.47. The highest BCUT2D eigenvalue weighted by Crippen LogP contribution is 2.37. The maximum absolute atomic E-state index is 13.8. The molecule has 2 amide bonds. The summed E-state index contributed by atoms with van der Waals surface area (Å²) in [6, 6.07) is 4.14. The van der Waals surface area contributed by atoms with Crippen molar-refractivity contribution in [2.45, 2.75) is 64.1 Å². The smallest absolute Gasteiger partial charge is 0.270 e. The topological polar surface area (TPSA) is 116 Å². The Balaban J connectivity index is 1.50. The van der Waals surface area contributed by atoms with Gasteiger partial charge in [0.1, 0.15) is 11.7 Å². The fourth-order valence-corrected chi connectivity index (χ4v) is 4.55. The number of carbonyl (C=O) groups excluding carboxylic acids is 2. The van der Waals surface area contributed by atoms with E-state index in [0.29, 0.717) is 23.8 Å². The van der Waals surface area contributed by atoms with Gasteiger partial charge in [0.05, 0.1) is 25.5 Å². The molecule has 3 aromatic rings. The molecule has 10 nitrogen and oxygen atoms in total. The molecule has 3 aromatic heterocycles. The van der Waals surface area contributed by atoms with E-state index in [-0.39, 0.29) is 31.7 Å². The normalized spacial score (nSPS) is 16.4. The summed E-state index contributed by atoms with van der Waals surface area (Å²) in [6.45, 7) is 4.13. The van der Waals surface area contributed by atoms with Crippen molar-refractivity contribution < 1.29 is 23.1 Å². The number of aromatic nitrogens is 5. The summed E-state index contributed by atoms with van der Waals surface area (Å²) < 4.78 is 36.1. The highest BCUT2D eigenvalue weighted by atomic mass is 19.3. The second kappa shape index (κ2) is 11.1. The van der Waals surface area contributed by atoms with Gasteiger partial charge in [-0.1, -0.05) is 6.07 Å². The number of hydrogen-bond acceptors (Lipinski definition) is 6. The molecular formula is C25H31F2N7O3. The molecule has 1 saturated carbocycles. The van der Waals surface area contributed by atoms with Gasteiger partial charge in [-0.25, -0.2) is 13.8 Å². The lowest BCUT2D eigenvalue weighted by molar-refractivity contribution is -0.121. The van der Waals surface area contributed by atoms with Gasteiger partial charge in [-0.05, 0) is 44.7 Å². The molecule has 0 bridgehead atoms. The number of hydrogen-bond donors (Lipinski definition) is 2. The average Bonchev–Trinajstić information content (AvgIpc) is 3.53. The Morgan fingerprint density at radius 2 is 1.95 bits per heavy atom. The van der Waals surface area contributed by atoms with Gasteiger partial charge in [-0.2, -0.15) is 10.2 Å². The number of pyridine rings is 1. The summed E-state index contributed by atoms with van der Waals surface area (Å²) in [5.41, 5.74) is 1.52. The van der Waals surface area contributed by atoms with Crippen molar-refractivity contribution >= 4 is 17.5 Å². The van der Waals surface area contributed by atoms with Crippen molar-refractivity contribution in [3.63, 3.8) is 0 Å². The third-order valence-corrected chi connectivity index (χ3v) is 6.47. The number of ether oxygens (including phenoxy) is 1. The summed E-state index contributed by atoms with van der Waals surface area (Å²) >= 11 is 0. The molecule has 0 aliphatic heterocycles. The first-order valence-corrected chi connectivity index (χ1v) is 12.2. The second-order valence-corrected chi connectivity index (χ2v) is 9.49. The molecule has 0 radical (unpaired) electrons. The van der Waals surface area contributed by atoms with Crippen LogP contribution in [0.5, 0.6) is 5.88 Å². The Bertz CT molecular complexity index is 1230. The van der Waals surface area contributed by atoms with Crippen LogP contribution in [-0.2, 0) is 11.3 Å². The first kappa shape index (κ1) is 26.2. The highest BCUT2D eigenvalue weighted by Gasteiger charge is 2.40. The van der Waals surface area contributed by atoms with Gasteiger partial charge in [0.15, 0.2) is 0 Å². The minimum atomic E-state index is -2.76. The SMILES string of the molecule is COc1ncccc1Cn1cc(NC(=O)[C@@H](NC(=O)c2ccnn2C(C)C)C2CCC(F)(F)CC2)cn1. The number of rotatable bonds is 9. The van der Waals surface area contributed by atoms with Crippen LogP contribution in [0.2, 0.25) is 0 Å². The molecule has 12 heteroatoms. The number of nitrogens with zero attached hydrogens (tertiary/aromatic N) is 5. The predicted octanol–water partition coefficient (Wildman–Crippen LogP) is 3.68. The summed E-state index contributed by atoms with van der Waals surface area (Å²) in [6.07, 6.45) is 5.86. The van der Waals surface area contributed by atoms with Crippen LogP contribution in [0, 0.1) is 5.92 Å². The molecule has 4 rings (SSSR count). The van der Waals surface area contributed by atoms with Gasteiger partial charge in [0.2, 0.25) is 17.7 Å². The van der Waals surface area contributed by atoms with Gasteiger partial charge in [0.25, 0.3) is 5.91 Å². The Hall–Kier alpha value is -3.83. The zero-order valence-electron chi connectivity index (χ0n) is 21.0. The predicted molar refractivity (Wildman–Crippen MR) is 132 cm³/mol. The Morgan fingerprint density at radius 1 is 1.19 bits per heavy atom. The molecule has 0 spiro atoms. The van der Waals surface area contributed by atoms with Crippen molar-refractivity contribution in [1.29, 1.82) is 0 Å². The van der Waals surface area contributed by atoms with Gasteiger partial charge < -0.3 is 15.4 Å². The van der Waals surface area contributed by atoms with E-state index in [1.807, 2.05) is 19.9 Å². The second-order valence-electron chi connectivity index (χ2n) is 9.49. The number of alkyl halides is 2. The lowest BCUT2D eigenvalue weighted by Crippen LogP contribution is -2.50. The maximum Gasteiger partial charge on any atom is 0.270 e. The Labute approximate surface area is 213 Å². The first-order chi connectivity index (χ1) is 17.7. The van der Waals surface area contributed by atoms with E-state index in [2.05, 4.69) is 25.8 Å². The van der Waals surface area contributed by atoms with Crippen molar-refractivity contribution in [3.05, 3.63) is 54.2 Å². The van der Waals surface area contributed by atoms with E-state index in [1.54, 1.807) is 33.9 Å². The zero-order valence-corrected chi connectivity index (χ0v) is 21.0. The molecule has 0 saturated heterocycles. The number of carbonyl (C=O) groups is 2. The fourth-order valence-electron chi connectivity index (χ4n) is 4.55. The van der Waals surface area contributed by atoms with Crippen LogP contribution < -0.4 is 15.4 Å². The molecule has 1 aliphatic carbocycles. The molecule has 37 heavy (non-hydrogen) atoms. The number of methoxy groups -OCH3 is 1. The van der Waals surface area contributed by atoms with Crippen LogP contribution in [0.3, 0.4) is 0 Å². The van der Waals surface area contributed by atoms with E-state index >= 15 is 0 Å². The molecule has 1 fully saturated rings. The number of amides is 2. The number of nitrogens with one attached hydrogen (secondary N) is 2. The van der Waals surface area contributed by atoms with Crippen LogP contribution in [0.4, 0.5) is 14.5 Å². The minimum Gasteiger partial charge on any atom is -0.481 e. The lowest BCUT2D eigenvalue weighted by atomic mass is 9.81. The van der Waals surface area contributed by atoms with E-state index in [4.69, 9.17) is 4.74 Å². The quantitative estimate of drug-likeness (QED) is 0.449. The van der Waals surface area contributed by atoms with Crippen molar-refractivity contribution in [1.82, 2.24) is 29.9 Å². The maximum atomic E-state index is 13.8. The van der Waals surface area contributed by atoms with E-state index < -0.39 is 29.7 Å². The minimum absolute atomic E-state index is 0.0688. The first-order valence-electron chi connectivity index (χ1n) is 12.2. The summed E-state index contributed by atoms with van der Waals surface area (Å²) in [4.78, 5) is 30.6. The van der Waals surface area contributed by atoms with Gasteiger partial charge >= 0.3 is 0 Å². The third kappa shape index (κ3) is 6.30. The van der Waals surface area contributed by atoms with Crippen LogP contribution >= 0.6 is 0 Å². The fraction of sp³-hybridized carbons (Fsp3) is 0.480.